The molecule has 1 aromatic rings. The van der Waals surface area contributed by atoms with Crippen LogP contribution in [0.25, 0.3) is 0 Å². The van der Waals surface area contributed by atoms with Crippen molar-refractivity contribution in [3.8, 4) is 11.5 Å². The van der Waals surface area contributed by atoms with E-state index in [1.165, 1.54) is 12.8 Å². The molecule has 0 aromatic heterocycles. The Labute approximate surface area is 142 Å². The molecular weight excluding hydrogens is 308 g/mol. The third kappa shape index (κ3) is 3.32. The van der Waals surface area contributed by atoms with E-state index in [-0.39, 0.29) is 30.2 Å². The summed E-state index contributed by atoms with van der Waals surface area (Å²) in [5.74, 6) is 1.41. The number of hydrogen-bond donors (Lipinski definition) is 1. The van der Waals surface area contributed by atoms with Crippen molar-refractivity contribution in [3.05, 3.63) is 18.2 Å². The maximum Gasteiger partial charge on any atom is 0.227 e. The Morgan fingerprint density at radius 2 is 2.04 bits per heavy atom. The molecule has 1 aliphatic heterocycles. The molecule has 0 spiro atoms. The first kappa shape index (κ1) is 16.6. The van der Waals surface area contributed by atoms with Crippen molar-refractivity contribution >= 4 is 17.5 Å². The summed E-state index contributed by atoms with van der Waals surface area (Å²) < 4.78 is 10.6. The molecule has 0 unspecified atom stereocenters. The third-order valence-electron chi connectivity index (χ3n) is 4.87. The van der Waals surface area contributed by atoms with E-state index in [1.54, 1.807) is 37.3 Å². The maximum atomic E-state index is 12.4. The molecule has 0 radical (unpaired) electrons. The molecule has 1 saturated carbocycles. The highest BCUT2D eigenvalue weighted by atomic mass is 16.5. The number of nitrogens with one attached hydrogen (secondary N) is 1. The summed E-state index contributed by atoms with van der Waals surface area (Å²) in [5, 5.41) is 3.05. The zero-order valence-electron chi connectivity index (χ0n) is 14.4. The van der Waals surface area contributed by atoms with Gasteiger partial charge in [-0.3, -0.25) is 9.59 Å². The first-order valence-corrected chi connectivity index (χ1v) is 8.36. The lowest BCUT2D eigenvalue weighted by Gasteiger charge is -2.21. The number of hydrogen-bond acceptors (Lipinski definition) is 4. The number of benzene rings is 1. The minimum atomic E-state index is -0.324. The van der Waals surface area contributed by atoms with Crippen molar-refractivity contribution in [2.24, 2.45) is 11.8 Å². The van der Waals surface area contributed by atoms with Crippen molar-refractivity contribution in [2.75, 3.05) is 25.7 Å². The van der Waals surface area contributed by atoms with E-state index >= 15 is 0 Å². The van der Waals surface area contributed by atoms with Gasteiger partial charge in [0, 0.05) is 25.1 Å². The minimum absolute atomic E-state index is 0.0351. The van der Waals surface area contributed by atoms with Gasteiger partial charge in [-0.25, -0.2) is 0 Å². The maximum absolute atomic E-state index is 12.4. The number of methoxy groups -OCH3 is 2. The summed E-state index contributed by atoms with van der Waals surface area (Å²) in [6.07, 6.45) is 2.58. The van der Waals surface area contributed by atoms with Crippen LogP contribution >= 0.6 is 0 Å². The van der Waals surface area contributed by atoms with Crippen LogP contribution in [-0.4, -0.2) is 38.6 Å². The Balaban J connectivity index is 1.73. The number of anilines is 1. The minimum Gasteiger partial charge on any atom is -0.497 e. The lowest BCUT2D eigenvalue weighted by molar-refractivity contribution is -0.127. The molecule has 2 fully saturated rings. The molecule has 1 saturated heterocycles. The molecule has 130 valence electrons. The van der Waals surface area contributed by atoms with Crippen LogP contribution in [0.15, 0.2) is 18.2 Å². The Morgan fingerprint density at radius 3 is 2.67 bits per heavy atom. The highest BCUT2D eigenvalue weighted by Gasteiger charge is 2.38. The second-order valence-corrected chi connectivity index (χ2v) is 6.58. The van der Waals surface area contributed by atoms with Crippen molar-refractivity contribution in [2.45, 2.75) is 32.2 Å². The molecule has 6 heteroatoms. The number of nitrogens with zero attached hydrogens (tertiary/aromatic N) is 1. The van der Waals surface area contributed by atoms with Crippen LogP contribution in [0.4, 0.5) is 5.69 Å². The van der Waals surface area contributed by atoms with Crippen LogP contribution in [0.5, 0.6) is 11.5 Å². The van der Waals surface area contributed by atoms with E-state index in [1.807, 2.05) is 6.92 Å². The highest BCUT2D eigenvalue weighted by molar-refractivity contribution is 6.01. The normalized spacial score (nSPS) is 21.5. The molecule has 2 aliphatic rings. The number of carbonyl (C=O) groups excluding carboxylic acids is 2. The van der Waals surface area contributed by atoms with Crippen LogP contribution in [0, 0.1) is 11.8 Å². The summed E-state index contributed by atoms with van der Waals surface area (Å²) in [7, 11) is 3.14. The molecule has 6 nitrogen and oxygen atoms in total. The monoisotopic (exact) mass is 332 g/mol. The molecule has 1 heterocycles. The van der Waals surface area contributed by atoms with Gasteiger partial charge in [-0.05, 0) is 37.8 Å². The van der Waals surface area contributed by atoms with Gasteiger partial charge in [-0.1, -0.05) is 0 Å². The van der Waals surface area contributed by atoms with Crippen LogP contribution in [0.3, 0.4) is 0 Å². The van der Waals surface area contributed by atoms with Gasteiger partial charge in [-0.15, -0.1) is 0 Å². The lowest BCUT2D eigenvalue weighted by Crippen LogP contribution is -2.39. The summed E-state index contributed by atoms with van der Waals surface area (Å²) >= 11 is 0. The summed E-state index contributed by atoms with van der Waals surface area (Å²) in [4.78, 5) is 26.5. The van der Waals surface area contributed by atoms with E-state index in [2.05, 4.69) is 5.32 Å². The van der Waals surface area contributed by atoms with E-state index in [0.29, 0.717) is 29.6 Å². The number of carbonyl (C=O) groups is 2. The Bertz CT molecular complexity index is 642. The Morgan fingerprint density at radius 1 is 1.29 bits per heavy atom. The highest BCUT2D eigenvalue weighted by Crippen LogP contribution is 2.36. The van der Waals surface area contributed by atoms with Crippen molar-refractivity contribution in [1.82, 2.24) is 5.32 Å². The van der Waals surface area contributed by atoms with Gasteiger partial charge in [0.1, 0.15) is 11.5 Å². The standard InChI is InChI=1S/C18H24N2O4/c1-11(12-4-5-12)19-18(22)13-8-17(21)20(10-13)15-9-14(23-2)6-7-16(15)24-3/h6-7,9,11-13H,4-5,8,10H2,1-3H3,(H,19,22)/t11-,13+/m1/s1. The van der Waals surface area contributed by atoms with Crippen molar-refractivity contribution in [3.63, 3.8) is 0 Å². The van der Waals surface area contributed by atoms with Crippen LogP contribution in [-0.2, 0) is 9.59 Å². The predicted molar refractivity (Wildman–Crippen MR) is 90.3 cm³/mol. The molecule has 1 N–H and O–H groups in total. The average molecular weight is 332 g/mol. The SMILES string of the molecule is COc1ccc(OC)c(N2C[C@@H](C(=O)N[C@H](C)C3CC3)CC2=O)c1. The fourth-order valence-electron chi connectivity index (χ4n) is 3.18. The van der Waals surface area contributed by atoms with Crippen molar-refractivity contribution < 1.29 is 19.1 Å². The largest absolute Gasteiger partial charge is 0.497 e. The van der Waals surface area contributed by atoms with Gasteiger partial charge < -0.3 is 19.7 Å². The van der Waals surface area contributed by atoms with E-state index in [0.717, 1.165) is 0 Å². The Hall–Kier alpha value is -2.24. The third-order valence-corrected chi connectivity index (χ3v) is 4.87. The fourth-order valence-corrected chi connectivity index (χ4v) is 3.18. The lowest BCUT2D eigenvalue weighted by atomic mass is 10.1. The molecule has 0 bridgehead atoms. The summed E-state index contributed by atoms with van der Waals surface area (Å²) in [6.45, 7) is 2.40. The van der Waals surface area contributed by atoms with Gasteiger partial charge in [-0.2, -0.15) is 0 Å². The molecule has 2 amide bonds. The summed E-state index contributed by atoms with van der Waals surface area (Å²) in [5.41, 5.74) is 0.646. The predicted octanol–water partition coefficient (Wildman–Crippen LogP) is 1.97. The molecule has 24 heavy (non-hydrogen) atoms. The first-order chi connectivity index (χ1) is 11.5. The van der Waals surface area contributed by atoms with Gasteiger partial charge in [0.05, 0.1) is 25.8 Å². The first-order valence-electron chi connectivity index (χ1n) is 8.36. The molecular formula is C18H24N2O4. The van der Waals surface area contributed by atoms with Crippen molar-refractivity contribution in [1.29, 1.82) is 0 Å². The second kappa shape index (κ2) is 6.71. The van der Waals surface area contributed by atoms with Crippen LogP contribution in [0.2, 0.25) is 0 Å². The summed E-state index contributed by atoms with van der Waals surface area (Å²) in [6, 6.07) is 5.51. The smallest absolute Gasteiger partial charge is 0.227 e. The Kier molecular flexibility index (Phi) is 4.64. The van der Waals surface area contributed by atoms with E-state index < -0.39 is 0 Å². The fraction of sp³-hybridized carbons (Fsp3) is 0.556. The average Bonchev–Trinajstić information content (AvgIpc) is 3.36. The zero-order valence-corrected chi connectivity index (χ0v) is 14.4. The number of amides is 2. The van der Waals surface area contributed by atoms with Gasteiger partial charge >= 0.3 is 0 Å². The van der Waals surface area contributed by atoms with E-state index in [9.17, 15) is 9.59 Å². The molecule has 2 atom stereocenters. The second-order valence-electron chi connectivity index (χ2n) is 6.58. The molecule has 3 rings (SSSR count). The van der Waals surface area contributed by atoms with Gasteiger partial charge in [0.15, 0.2) is 0 Å². The number of ether oxygens (including phenoxy) is 2. The topological polar surface area (TPSA) is 67.9 Å². The number of rotatable bonds is 6. The quantitative estimate of drug-likeness (QED) is 0.865. The van der Waals surface area contributed by atoms with Crippen LogP contribution in [0.1, 0.15) is 26.2 Å². The van der Waals surface area contributed by atoms with E-state index in [4.69, 9.17) is 9.47 Å². The van der Waals surface area contributed by atoms with Crippen LogP contribution < -0.4 is 19.7 Å². The molecule has 1 aromatic carbocycles. The van der Waals surface area contributed by atoms with Gasteiger partial charge in [0.2, 0.25) is 11.8 Å². The molecule has 1 aliphatic carbocycles. The zero-order chi connectivity index (χ0) is 17.3. The van der Waals surface area contributed by atoms with Gasteiger partial charge in [0.25, 0.3) is 0 Å².